The van der Waals surface area contributed by atoms with E-state index >= 15 is 0 Å². The highest BCUT2D eigenvalue weighted by atomic mass is 32.1. The molecule has 0 atom stereocenters. The van der Waals surface area contributed by atoms with Crippen LogP contribution in [0, 0.1) is 6.92 Å². The summed E-state index contributed by atoms with van der Waals surface area (Å²) in [6.45, 7) is 4.25. The Hall–Kier alpha value is -1.73. The molecule has 2 aromatic heterocycles. The number of carbonyl (C=O) groups excluding carboxylic acids is 1. The molecule has 1 amide bonds. The van der Waals surface area contributed by atoms with E-state index in [1.54, 1.807) is 4.90 Å². The fourth-order valence-corrected chi connectivity index (χ4v) is 3.18. The molecular formula is C13H15N3O3S. The minimum absolute atomic E-state index is 0.0404. The van der Waals surface area contributed by atoms with Gasteiger partial charge in [0, 0.05) is 13.1 Å². The van der Waals surface area contributed by atoms with Gasteiger partial charge in [-0.05, 0) is 17.9 Å². The van der Waals surface area contributed by atoms with Crippen LogP contribution in [0.25, 0.3) is 10.2 Å². The van der Waals surface area contributed by atoms with Gasteiger partial charge in [-0.15, -0.1) is 11.3 Å². The maximum atomic E-state index is 12.3. The summed E-state index contributed by atoms with van der Waals surface area (Å²) in [5.74, 6) is -0.0650. The number of aromatic nitrogens is 2. The van der Waals surface area contributed by atoms with Crippen LogP contribution in [-0.4, -0.2) is 46.7 Å². The van der Waals surface area contributed by atoms with Gasteiger partial charge in [0.2, 0.25) is 5.91 Å². The third-order valence-corrected chi connectivity index (χ3v) is 4.47. The summed E-state index contributed by atoms with van der Waals surface area (Å²) in [7, 11) is 0. The molecule has 0 saturated carbocycles. The van der Waals surface area contributed by atoms with Crippen LogP contribution in [0.4, 0.5) is 0 Å². The number of ether oxygens (including phenoxy) is 1. The van der Waals surface area contributed by atoms with Crippen LogP contribution >= 0.6 is 11.3 Å². The third kappa shape index (κ3) is 2.34. The smallest absolute Gasteiger partial charge is 0.271 e. The van der Waals surface area contributed by atoms with Crippen molar-refractivity contribution in [2.45, 2.75) is 13.5 Å². The molecule has 6 nitrogen and oxygen atoms in total. The number of nitrogens with zero attached hydrogens (tertiary/aromatic N) is 3. The molecule has 0 spiro atoms. The molecule has 3 rings (SSSR count). The van der Waals surface area contributed by atoms with Crippen LogP contribution in [0.15, 0.2) is 16.5 Å². The minimum atomic E-state index is -0.144. The van der Waals surface area contributed by atoms with Gasteiger partial charge in [-0.25, -0.2) is 4.98 Å². The molecule has 106 valence electrons. The first kappa shape index (κ1) is 13.3. The van der Waals surface area contributed by atoms with Crippen molar-refractivity contribution in [3.05, 3.63) is 27.6 Å². The Morgan fingerprint density at radius 3 is 2.95 bits per heavy atom. The molecule has 1 saturated heterocycles. The second-order valence-electron chi connectivity index (χ2n) is 4.77. The maximum absolute atomic E-state index is 12.3. The number of amides is 1. The number of rotatable bonds is 2. The molecule has 7 heteroatoms. The molecule has 1 fully saturated rings. The number of aryl methyl sites for hydroxylation is 1. The van der Waals surface area contributed by atoms with Crippen LogP contribution < -0.4 is 5.56 Å². The summed E-state index contributed by atoms with van der Waals surface area (Å²) < 4.78 is 7.21. The van der Waals surface area contributed by atoms with Gasteiger partial charge in [-0.1, -0.05) is 0 Å². The first-order chi connectivity index (χ1) is 9.66. The van der Waals surface area contributed by atoms with Crippen LogP contribution in [0.2, 0.25) is 0 Å². The zero-order valence-electron chi connectivity index (χ0n) is 11.2. The molecule has 0 unspecified atom stereocenters. The number of carbonyl (C=O) groups is 1. The predicted octanol–water partition coefficient (Wildman–Crippen LogP) is 0.625. The van der Waals surface area contributed by atoms with Crippen molar-refractivity contribution in [2.24, 2.45) is 0 Å². The van der Waals surface area contributed by atoms with Gasteiger partial charge in [0.15, 0.2) is 0 Å². The quantitative estimate of drug-likeness (QED) is 0.814. The van der Waals surface area contributed by atoms with E-state index in [4.69, 9.17) is 4.74 Å². The van der Waals surface area contributed by atoms with E-state index in [1.165, 1.54) is 22.2 Å². The molecule has 20 heavy (non-hydrogen) atoms. The topological polar surface area (TPSA) is 64.4 Å². The zero-order chi connectivity index (χ0) is 14.1. The van der Waals surface area contributed by atoms with Crippen molar-refractivity contribution in [1.29, 1.82) is 0 Å². The highest BCUT2D eigenvalue weighted by molar-refractivity contribution is 7.17. The Balaban J connectivity index is 1.85. The van der Waals surface area contributed by atoms with Crippen LogP contribution in [0.5, 0.6) is 0 Å². The lowest BCUT2D eigenvalue weighted by Gasteiger charge is -2.26. The van der Waals surface area contributed by atoms with E-state index in [0.717, 1.165) is 11.1 Å². The lowest BCUT2D eigenvalue weighted by atomic mass is 10.3. The Morgan fingerprint density at radius 1 is 1.45 bits per heavy atom. The summed E-state index contributed by atoms with van der Waals surface area (Å²) in [6.07, 6.45) is 1.46. The molecule has 1 aliphatic rings. The fraction of sp³-hybridized carbons (Fsp3) is 0.462. The van der Waals surface area contributed by atoms with Gasteiger partial charge < -0.3 is 9.64 Å². The maximum Gasteiger partial charge on any atom is 0.271 e. The van der Waals surface area contributed by atoms with Gasteiger partial charge in [0.25, 0.3) is 5.56 Å². The monoisotopic (exact) mass is 293 g/mol. The van der Waals surface area contributed by atoms with Gasteiger partial charge in [0.05, 0.1) is 25.1 Å². The largest absolute Gasteiger partial charge is 0.378 e. The van der Waals surface area contributed by atoms with Crippen LogP contribution in [0.1, 0.15) is 5.56 Å². The van der Waals surface area contributed by atoms with Crippen molar-refractivity contribution in [3.8, 4) is 0 Å². The van der Waals surface area contributed by atoms with E-state index in [0.29, 0.717) is 31.0 Å². The Labute approximate surface area is 119 Å². The molecule has 0 radical (unpaired) electrons. The minimum Gasteiger partial charge on any atom is -0.378 e. The van der Waals surface area contributed by atoms with Crippen molar-refractivity contribution >= 4 is 27.5 Å². The number of fused-ring (bicyclic) bond motifs is 1. The Kier molecular flexibility index (Phi) is 3.54. The van der Waals surface area contributed by atoms with Crippen LogP contribution in [-0.2, 0) is 16.1 Å². The number of thiophene rings is 1. The average Bonchev–Trinajstić information content (AvgIpc) is 2.85. The van der Waals surface area contributed by atoms with Gasteiger partial charge in [-0.3, -0.25) is 14.2 Å². The van der Waals surface area contributed by atoms with Gasteiger partial charge in [-0.2, -0.15) is 0 Å². The van der Waals surface area contributed by atoms with E-state index in [-0.39, 0.29) is 18.0 Å². The third-order valence-electron chi connectivity index (χ3n) is 3.39. The summed E-state index contributed by atoms with van der Waals surface area (Å²) in [5.41, 5.74) is 1.58. The van der Waals surface area contributed by atoms with Crippen molar-refractivity contribution in [2.75, 3.05) is 26.3 Å². The van der Waals surface area contributed by atoms with E-state index in [9.17, 15) is 9.59 Å². The molecule has 0 aromatic carbocycles. The number of morpholine rings is 1. The fourth-order valence-electron chi connectivity index (χ4n) is 2.23. The van der Waals surface area contributed by atoms with E-state index in [2.05, 4.69) is 4.98 Å². The molecule has 3 heterocycles. The first-order valence-corrected chi connectivity index (χ1v) is 7.33. The highest BCUT2D eigenvalue weighted by Crippen LogP contribution is 2.19. The summed E-state index contributed by atoms with van der Waals surface area (Å²) in [6, 6.07) is 0. The average molecular weight is 293 g/mol. The summed E-state index contributed by atoms with van der Waals surface area (Å²) in [4.78, 5) is 30.4. The highest BCUT2D eigenvalue weighted by Gasteiger charge is 2.18. The number of hydrogen-bond acceptors (Lipinski definition) is 5. The molecule has 1 aliphatic heterocycles. The summed E-state index contributed by atoms with van der Waals surface area (Å²) in [5, 5.41) is 1.91. The predicted molar refractivity (Wildman–Crippen MR) is 76.0 cm³/mol. The van der Waals surface area contributed by atoms with Crippen molar-refractivity contribution in [3.63, 3.8) is 0 Å². The second kappa shape index (κ2) is 5.34. The first-order valence-electron chi connectivity index (χ1n) is 6.45. The van der Waals surface area contributed by atoms with E-state index < -0.39 is 0 Å². The number of hydrogen-bond donors (Lipinski definition) is 0. The Bertz CT molecular complexity index is 700. The van der Waals surface area contributed by atoms with Gasteiger partial charge in [0.1, 0.15) is 11.2 Å². The zero-order valence-corrected chi connectivity index (χ0v) is 12.0. The lowest BCUT2D eigenvalue weighted by Crippen LogP contribution is -2.43. The van der Waals surface area contributed by atoms with Crippen LogP contribution in [0.3, 0.4) is 0 Å². The molecule has 0 bridgehead atoms. The SMILES string of the molecule is Cc1csc2c(=O)n(CC(=O)N3CCOCC3)cnc12. The molecular weight excluding hydrogens is 278 g/mol. The van der Waals surface area contributed by atoms with Gasteiger partial charge >= 0.3 is 0 Å². The summed E-state index contributed by atoms with van der Waals surface area (Å²) >= 11 is 1.38. The lowest BCUT2D eigenvalue weighted by molar-refractivity contribution is -0.135. The molecule has 0 aliphatic carbocycles. The van der Waals surface area contributed by atoms with Crippen molar-refractivity contribution in [1.82, 2.24) is 14.5 Å². The second-order valence-corrected chi connectivity index (χ2v) is 5.65. The Morgan fingerprint density at radius 2 is 2.20 bits per heavy atom. The molecule has 2 aromatic rings. The normalized spacial score (nSPS) is 15.8. The van der Waals surface area contributed by atoms with Crippen molar-refractivity contribution < 1.29 is 9.53 Å². The molecule has 0 N–H and O–H groups in total. The van der Waals surface area contributed by atoms with E-state index in [1.807, 2.05) is 12.3 Å². The standard InChI is InChI=1S/C13H15N3O3S/c1-9-7-20-12-11(9)14-8-16(13(12)18)6-10(17)15-2-4-19-5-3-15/h7-8H,2-6H2,1H3.